The molecule has 102 valence electrons. The minimum absolute atomic E-state index is 0. The predicted molar refractivity (Wildman–Crippen MR) is 76.1 cm³/mol. The van der Waals surface area contributed by atoms with E-state index in [9.17, 15) is 4.79 Å². The number of esters is 1. The average Bonchev–Trinajstić information content (AvgIpc) is 2.38. The number of ether oxygens (including phenoxy) is 1. The number of halogens is 1. The maximum atomic E-state index is 11.6. The summed E-state index contributed by atoms with van der Waals surface area (Å²) in [6, 6.07) is 9.75. The summed E-state index contributed by atoms with van der Waals surface area (Å²) in [7, 11) is 1.43. The molecule has 18 heavy (non-hydrogen) atoms. The van der Waals surface area contributed by atoms with Crippen molar-refractivity contribution >= 4 is 18.4 Å². The fourth-order valence-electron chi connectivity index (χ4n) is 1.68. The number of nitrogens with one attached hydrogen (secondary N) is 1. The van der Waals surface area contributed by atoms with Crippen LogP contribution in [-0.4, -0.2) is 25.7 Å². The Kier molecular flexibility index (Phi) is 9.33. The van der Waals surface area contributed by atoms with E-state index in [4.69, 9.17) is 4.74 Å². The van der Waals surface area contributed by atoms with Gasteiger partial charge < -0.3 is 10.1 Å². The number of methoxy groups -OCH3 is 1. The normalized spacial score (nSPS) is 11.4. The van der Waals surface area contributed by atoms with Crippen molar-refractivity contribution in [2.45, 2.75) is 32.2 Å². The van der Waals surface area contributed by atoms with Crippen LogP contribution in [0.15, 0.2) is 30.3 Å². The van der Waals surface area contributed by atoms with E-state index < -0.39 is 0 Å². The van der Waals surface area contributed by atoms with E-state index in [0.29, 0.717) is 6.42 Å². The molecule has 0 spiro atoms. The smallest absolute Gasteiger partial charge is 0.323 e. The van der Waals surface area contributed by atoms with Gasteiger partial charge in [-0.15, -0.1) is 12.4 Å². The van der Waals surface area contributed by atoms with Gasteiger partial charge in [-0.3, -0.25) is 4.79 Å². The highest BCUT2D eigenvalue weighted by atomic mass is 35.5. The van der Waals surface area contributed by atoms with Crippen LogP contribution in [-0.2, 0) is 16.0 Å². The Labute approximate surface area is 115 Å². The maximum absolute atomic E-state index is 11.6. The van der Waals surface area contributed by atoms with Gasteiger partial charge in [0.25, 0.3) is 0 Å². The Morgan fingerprint density at radius 2 is 2.00 bits per heavy atom. The van der Waals surface area contributed by atoms with E-state index in [0.717, 1.165) is 24.9 Å². The molecule has 0 aliphatic carbocycles. The van der Waals surface area contributed by atoms with Gasteiger partial charge >= 0.3 is 5.97 Å². The van der Waals surface area contributed by atoms with Crippen molar-refractivity contribution in [3.05, 3.63) is 35.9 Å². The molecular weight excluding hydrogens is 250 g/mol. The molecule has 1 N–H and O–H groups in total. The summed E-state index contributed by atoms with van der Waals surface area (Å²) < 4.78 is 4.81. The van der Waals surface area contributed by atoms with Crippen molar-refractivity contribution in [3.63, 3.8) is 0 Å². The molecule has 1 atom stereocenters. The molecule has 0 radical (unpaired) electrons. The summed E-state index contributed by atoms with van der Waals surface area (Å²) in [5.74, 6) is -0.190. The first-order valence-corrected chi connectivity index (χ1v) is 6.13. The zero-order chi connectivity index (χ0) is 12.5. The van der Waals surface area contributed by atoms with Crippen LogP contribution in [0.5, 0.6) is 0 Å². The molecule has 0 unspecified atom stereocenters. The summed E-state index contributed by atoms with van der Waals surface area (Å²) in [5.41, 5.74) is 1.15. The monoisotopic (exact) mass is 271 g/mol. The lowest BCUT2D eigenvalue weighted by atomic mass is 10.1. The lowest BCUT2D eigenvalue weighted by Gasteiger charge is -2.16. The van der Waals surface area contributed by atoms with Gasteiger partial charge in [-0.05, 0) is 24.9 Å². The summed E-state index contributed by atoms with van der Waals surface area (Å²) in [5, 5.41) is 3.25. The third-order valence-corrected chi connectivity index (χ3v) is 2.69. The van der Waals surface area contributed by atoms with E-state index in [1.807, 2.05) is 30.3 Å². The van der Waals surface area contributed by atoms with Crippen LogP contribution >= 0.6 is 12.4 Å². The van der Waals surface area contributed by atoms with Gasteiger partial charge in [0.2, 0.25) is 0 Å². The van der Waals surface area contributed by atoms with Gasteiger partial charge in [0.1, 0.15) is 6.04 Å². The maximum Gasteiger partial charge on any atom is 0.323 e. The molecule has 1 rings (SSSR count). The number of unbranched alkanes of at least 4 members (excludes halogenated alkanes) is 1. The lowest BCUT2D eigenvalue weighted by Crippen LogP contribution is -2.39. The predicted octanol–water partition coefficient (Wildman–Crippen LogP) is 2.58. The average molecular weight is 272 g/mol. The molecule has 0 heterocycles. The van der Waals surface area contributed by atoms with E-state index >= 15 is 0 Å². The number of benzene rings is 1. The van der Waals surface area contributed by atoms with Crippen molar-refractivity contribution in [3.8, 4) is 0 Å². The second-order valence-electron chi connectivity index (χ2n) is 4.07. The van der Waals surface area contributed by atoms with Crippen LogP contribution in [0.25, 0.3) is 0 Å². The van der Waals surface area contributed by atoms with Crippen molar-refractivity contribution in [1.29, 1.82) is 0 Å². The molecule has 0 bridgehead atoms. The van der Waals surface area contributed by atoms with Crippen LogP contribution in [0.2, 0.25) is 0 Å². The Morgan fingerprint density at radius 1 is 1.33 bits per heavy atom. The Morgan fingerprint density at radius 3 is 2.56 bits per heavy atom. The molecule has 0 saturated heterocycles. The van der Waals surface area contributed by atoms with Gasteiger partial charge in [-0.1, -0.05) is 43.7 Å². The Balaban J connectivity index is 0.00000289. The molecule has 0 aliphatic rings. The summed E-state index contributed by atoms with van der Waals surface area (Å²) in [6.07, 6.45) is 2.87. The molecule has 0 fully saturated rings. The second-order valence-corrected chi connectivity index (χ2v) is 4.07. The SMILES string of the molecule is CCCCN[C@@H](Cc1ccccc1)C(=O)OC.Cl. The van der Waals surface area contributed by atoms with Crippen LogP contribution in [0.3, 0.4) is 0 Å². The number of hydrogen-bond donors (Lipinski definition) is 1. The van der Waals surface area contributed by atoms with Crippen molar-refractivity contribution in [1.82, 2.24) is 5.32 Å². The van der Waals surface area contributed by atoms with E-state index in [-0.39, 0.29) is 24.4 Å². The molecule has 4 heteroatoms. The number of carbonyl (C=O) groups is 1. The van der Waals surface area contributed by atoms with Gasteiger partial charge in [0.15, 0.2) is 0 Å². The third-order valence-electron chi connectivity index (χ3n) is 2.69. The number of carbonyl (C=O) groups excluding carboxylic acids is 1. The summed E-state index contributed by atoms with van der Waals surface area (Å²) in [6.45, 7) is 2.98. The van der Waals surface area contributed by atoms with Crippen molar-refractivity contribution in [2.75, 3.05) is 13.7 Å². The van der Waals surface area contributed by atoms with Crippen LogP contribution in [0.4, 0.5) is 0 Å². The van der Waals surface area contributed by atoms with Crippen LogP contribution < -0.4 is 5.32 Å². The molecule has 1 aromatic carbocycles. The highest BCUT2D eigenvalue weighted by Crippen LogP contribution is 2.04. The van der Waals surface area contributed by atoms with Gasteiger partial charge in [-0.25, -0.2) is 0 Å². The first-order valence-electron chi connectivity index (χ1n) is 6.13. The molecule has 0 aromatic heterocycles. The van der Waals surface area contributed by atoms with E-state index in [1.165, 1.54) is 7.11 Å². The summed E-state index contributed by atoms with van der Waals surface area (Å²) >= 11 is 0. The molecule has 0 aliphatic heterocycles. The first-order chi connectivity index (χ1) is 8.27. The topological polar surface area (TPSA) is 38.3 Å². The third kappa shape index (κ3) is 6.03. The largest absolute Gasteiger partial charge is 0.468 e. The fraction of sp³-hybridized carbons (Fsp3) is 0.500. The fourth-order valence-corrected chi connectivity index (χ4v) is 1.68. The van der Waals surface area contributed by atoms with E-state index in [2.05, 4.69) is 12.2 Å². The summed E-state index contributed by atoms with van der Waals surface area (Å²) in [4.78, 5) is 11.6. The van der Waals surface area contributed by atoms with Crippen LogP contribution in [0.1, 0.15) is 25.3 Å². The zero-order valence-corrected chi connectivity index (χ0v) is 11.8. The standard InChI is InChI=1S/C14H21NO2.ClH/c1-3-4-10-15-13(14(16)17-2)11-12-8-6-5-7-9-12;/h5-9,13,15H,3-4,10-11H2,1-2H3;1H/t13-;/m0./s1. The molecule has 0 saturated carbocycles. The van der Waals surface area contributed by atoms with Crippen LogP contribution in [0, 0.1) is 0 Å². The van der Waals surface area contributed by atoms with Gasteiger partial charge in [-0.2, -0.15) is 0 Å². The number of hydrogen-bond acceptors (Lipinski definition) is 3. The zero-order valence-electron chi connectivity index (χ0n) is 11.0. The minimum Gasteiger partial charge on any atom is -0.468 e. The molecule has 1 aromatic rings. The van der Waals surface area contributed by atoms with Crippen molar-refractivity contribution in [2.24, 2.45) is 0 Å². The molecule has 0 amide bonds. The molecule has 3 nitrogen and oxygen atoms in total. The minimum atomic E-state index is -0.242. The van der Waals surface area contributed by atoms with Gasteiger partial charge in [0, 0.05) is 0 Å². The highest BCUT2D eigenvalue weighted by molar-refractivity contribution is 5.85. The Bertz CT molecular complexity index is 330. The number of rotatable bonds is 7. The highest BCUT2D eigenvalue weighted by Gasteiger charge is 2.18. The van der Waals surface area contributed by atoms with Gasteiger partial charge in [0.05, 0.1) is 7.11 Å². The quantitative estimate of drug-likeness (QED) is 0.612. The lowest BCUT2D eigenvalue weighted by molar-refractivity contribution is -0.143. The first kappa shape index (κ1) is 16.9. The Hall–Kier alpha value is -1.06. The van der Waals surface area contributed by atoms with E-state index in [1.54, 1.807) is 0 Å². The molecular formula is C14H22ClNO2. The second kappa shape index (κ2) is 9.92. The van der Waals surface area contributed by atoms with Crippen molar-refractivity contribution < 1.29 is 9.53 Å².